The summed E-state index contributed by atoms with van der Waals surface area (Å²) < 4.78 is 27.2. The SMILES string of the molecule is CCS(=O)(=O)N1CCN(CC(=O)N2CCN(c3ncnc4c3cnn4C)CC2)CC1. The Bertz CT molecular complexity index is 1010. The van der Waals surface area contributed by atoms with Gasteiger partial charge in [0.15, 0.2) is 5.65 Å². The average molecular weight is 437 g/mol. The lowest BCUT2D eigenvalue weighted by Gasteiger charge is -2.38. The van der Waals surface area contributed by atoms with Gasteiger partial charge in [-0.2, -0.15) is 9.40 Å². The van der Waals surface area contributed by atoms with Crippen molar-refractivity contribution in [1.29, 1.82) is 0 Å². The quantitative estimate of drug-likeness (QED) is 0.586. The topological polar surface area (TPSA) is 108 Å². The van der Waals surface area contributed by atoms with Gasteiger partial charge >= 0.3 is 0 Å². The monoisotopic (exact) mass is 436 g/mol. The summed E-state index contributed by atoms with van der Waals surface area (Å²) in [7, 11) is -1.30. The van der Waals surface area contributed by atoms with Gasteiger partial charge in [-0.05, 0) is 6.92 Å². The smallest absolute Gasteiger partial charge is 0.236 e. The third-order valence-corrected chi connectivity index (χ3v) is 7.77. The van der Waals surface area contributed by atoms with Gasteiger partial charge in [0.25, 0.3) is 0 Å². The minimum absolute atomic E-state index is 0.0932. The van der Waals surface area contributed by atoms with Crippen LogP contribution in [-0.4, -0.2) is 113 Å². The number of sulfonamides is 1. The van der Waals surface area contributed by atoms with Crippen molar-refractivity contribution in [3.05, 3.63) is 12.5 Å². The van der Waals surface area contributed by atoms with Crippen molar-refractivity contribution in [2.45, 2.75) is 6.92 Å². The highest BCUT2D eigenvalue weighted by molar-refractivity contribution is 7.89. The van der Waals surface area contributed by atoms with E-state index >= 15 is 0 Å². The highest BCUT2D eigenvalue weighted by atomic mass is 32.2. The van der Waals surface area contributed by atoms with Crippen molar-refractivity contribution in [2.24, 2.45) is 7.05 Å². The predicted molar refractivity (Wildman–Crippen MR) is 113 cm³/mol. The molecule has 4 heterocycles. The molecule has 0 radical (unpaired) electrons. The molecule has 0 spiro atoms. The van der Waals surface area contributed by atoms with Crippen molar-refractivity contribution in [3.8, 4) is 0 Å². The number of anilines is 1. The maximum Gasteiger partial charge on any atom is 0.236 e. The van der Waals surface area contributed by atoms with E-state index in [0.29, 0.717) is 58.9 Å². The second-order valence-corrected chi connectivity index (χ2v) is 9.90. The largest absolute Gasteiger partial charge is 0.352 e. The van der Waals surface area contributed by atoms with Crippen LogP contribution in [0.5, 0.6) is 0 Å². The minimum atomic E-state index is -3.15. The summed E-state index contributed by atoms with van der Waals surface area (Å²) in [6.07, 6.45) is 3.33. The number of carbonyl (C=O) groups excluding carboxylic acids is 1. The van der Waals surface area contributed by atoms with E-state index in [1.54, 1.807) is 24.1 Å². The van der Waals surface area contributed by atoms with Gasteiger partial charge < -0.3 is 9.80 Å². The van der Waals surface area contributed by atoms with E-state index in [0.717, 1.165) is 16.9 Å². The molecule has 0 atom stereocenters. The first-order valence-electron chi connectivity index (χ1n) is 10.2. The third kappa shape index (κ3) is 4.12. The molecule has 1 amide bonds. The molecule has 0 aromatic carbocycles. The number of hydrogen-bond donors (Lipinski definition) is 0. The fraction of sp³-hybridized carbons (Fsp3) is 0.667. The van der Waals surface area contributed by atoms with Crippen LogP contribution in [0.25, 0.3) is 11.0 Å². The minimum Gasteiger partial charge on any atom is -0.352 e. The van der Waals surface area contributed by atoms with Gasteiger partial charge in [0, 0.05) is 59.4 Å². The van der Waals surface area contributed by atoms with E-state index in [2.05, 4.69) is 20.0 Å². The number of nitrogens with zero attached hydrogens (tertiary/aromatic N) is 8. The van der Waals surface area contributed by atoms with Gasteiger partial charge in [-0.1, -0.05) is 0 Å². The van der Waals surface area contributed by atoms with Gasteiger partial charge in [0.1, 0.15) is 12.1 Å². The van der Waals surface area contributed by atoms with Crippen LogP contribution in [0.1, 0.15) is 6.92 Å². The molecule has 0 unspecified atom stereocenters. The Morgan fingerprint density at radius 3 is 2.40 bits per heavy atom. The Hall–Kier alpha value is -2.31. The number of rotatable bonds is 5. The zero-order chi connectivity index (χ0) is 21.3. The molecule has 11 nitrogen and oxygen atoms in total. The van der Waals surface area contributed by atoms with E-state index in [4.69, 9.17) is 0 Å². The van der Waals surface area contributed by atoms with Crippen LogP contribution in [0.2, 0.25) is 0 Å². The van der Waals surface area contributed by atoms with E-state index in [1.165, 1.54) is 4.31 Å². The van der Waals surface area contributed by atoms with Crippen molar-refractivity contribution >= 4 is 32.8 Å². The van der Waals surface area contributed by atoms with Gasteiger partial charge in [-0.15, -0.1) is 0 Å². The number of aromatic nitrogens is 4. The lowest BCUT2D eigenvalue weighted by atomic mass is 10.2. The maximum absolute atomic E-state index is 12.8. The molecule has 4 rings (SSSR count). The van der Waals surface area contributed by atoms with E-state index in [9.17, 15) is 13.2 Å². The Balaban J connectivity index is 1.30. The summed E-state index contributed by atoms with van der Waals surface area (Å²) in [5.41, 5.74) is 0.794. The highest BCUT2D eigenvalue weighted by Gasteiger charge is 2.29. The first kappa shape index (κ1) is 20.9. The number of aryl methyl sites for hydroxylation is 1. The fourth-order valence-electron chi connectivity index (χ4n) is 4.01. The Labute approximate surface area is 176 Å². The summed E-state index contributed by atoms with van der Waals surface area (Å²) in [6.45, 7) is 6.74. The predicted octanol–water partition coefficient (Wildman–Crippen LogP) is -1.02. The van der Waals surface area contributed by atoms with Crippen LogP contribution >= 0.6 is 0 Å². The maximum atomic E-state index is 12.8. The zero-order valence-electron chi connectivity index (χ0n) is 17.4. The molecule has 0 saturated carbocycles. The van der Waals surface area contributed by atoms with Crippen LogP contribution < -0.4 is 4.90 Å². The van der Waals surface area contributed by atoms with Crippen LogP contribution in [0.4, 0.5) is 5.82 Å². The van der Waals surface area contributed by atoms with Crippen LogP contribution in [0.15, 0.2) is 12.5 Å². The van der Waals surface area contributed by atoms with Crippen molar-refractivity contribution in [3.63, 3.8) is 0 Å². The highest BCUT2D eigenvalue weighted by Crippen LogP contribution is 2.23. The van der Waals surface area contributed by atoms with Crippen molar-refractivity contribution < 1.29 is 13.2 Å². The molecule has 2 saturated heterocycles. The molecule has 0 aliphatic carbocycles. The van der Waals surface area contributed by atoms with Crippen LogP contribution in [0, 0.1) is 0 Å². The van der Waals surface area contributed by atoms with Crippen LogP contribution in [-0.2, 0) is 21.9 Å². The molecule has 0 bridgehead atoms. The average Bonchev–Trinajstić information content (AvgIpc) is 3.15. The summed E-state index contributed by atoms with van der Waals surface area (Å²) in [5, 5.41) is 5.18. The molecule has 2 aromatic rings. The molecular weight excluding hydrogens is 408 g/mol. The zero-order valence-corrected chi connectivity index (χ0v) is 18.3. The molecule has 2 aliphatic heterocycles. The molecular formula is C18H28N8O3S. The number of amides is 1. The summed E-state index contributed by atoms with van der Waals surface area (Å²) in [6, 6.07) is 0. The second-order valence-electron chi connectivity index (χ2n) is 7.65. The van der Waals surface area contributed by atoms with Crippen LogP contribution in [0.3, 0.4) is 0 Å². The molecule has 2 fully saturated rings. The van der Waals surface area contributed by atoms with E-state index < -0.39 is 10.0 Å². The molecule has 2 aliphatic rings. The first-order valence-corrected chi connectivity index (χ1v) is 11.9. The van der Waals surface area contributed by atoms with Gasteiger partial charge in [-0.3, -0.25) is 14.4 Å². The molecule has 12 heteroatoms. The standard InChI is InChI=1S/C18H28N8O3S/c1-3-30(28,29)26-10-4-23(5-11-26)13-16(27)24-6-8-25(9-7-24)18-15-12-21-22(2)17(15)19-14-20-18/h12,14H,3-11,13H2,1-2H3. The lowest BCUT2D eigenvalue weighted by Crippen LogP contribution is -2.54. The second kappa shape index (κ2) is 8.44. The first-order chi connectivity index (χ1) is 14.4. The Morgan fingerprint density at radius 1 is 1.03 bits per heavy atom. The molecule has 0 N–H and O–H groups in total. The van der Waals surface area contributed by atoms with Crippen molar-refractivity contribution in [2.75, 3.05) is 69.6 Å². The number of piperazine rings is 2. The Kier molecular flexibility index (Phi) is 5.89. The van der Waals surface area contributed by atoms with E-state index in [-0.39, 0.29) is 11.7 Å². The fourth-order valence-corrected chi connectivity index (χ4v) is 5.09. The number of fused-ring (bicyclic) bond motifs is 1. The molecule has 2 aromatic heterocycles. The molecule has 164 valence electrons. The van der Waals surface area contributed by atoms with E-state index in [1.807, 2.05) is 16.8 Å². The summed E-state index contributed by atoms with van der Waals surface area (Å²) in [4.78, 5) is 27.6. The lowest BCUT2D eigenvalue weighted by molar-refractivity contribution is -0.133. The molecule has 30 heavy (non-hydrogen) atoms. The summed E-state index contributed by atoms with van der Waals surface area (Å²) >= 11 is 0. The third-order valence-electron chi connectivity index (χ3n) is 5.89. The van der Waals surface area contributed by atoms with Crippen molar-refractivity contribution in [1.82, 2.24) is 33.9 Å². The normalized spacial score (nSPS) is 19.5. The van der Waals surface area contributed by atoms with Gasteiger partial charge in [-0.25, -0.2) is 18.4 Å². The number of carbonyl (C=O) groups is 1. The number of hydrogen-bond acceptors (Lipinski definition) is 8. The van der Waals surface area contributed by atoms with Gasteiger partial charge in [0.05, 0.1) is 23.9 Å². The Morgan fingerprint density at radius 2 is 1.73 bits per heavy atom. The van der Waals surface area contributed by atoms with Gasteiger partial charge in [0.2, 0.25) is 15.9 Å². The summed E-state index contributed by atoms with van der Waals surface area (Å²) in [5.74, 6) is 1.07.